The monoisotopic (exact) mass is 376 g/mol. The maximum Gasteiger partial charge on any atom is 0.266 e. The molecule has 0 fully saturated rings. The quantitative estimate of drug-likeness (QED) is 0.730. The molecule has 0 spiro atoms. The van der Waals surface area contributed by atoms with Crippen molar-refractivity contribution in [1.82, 2.24) is 0 Å². The van der Waals surface area contributed by atoms with E-state index in [-0.39, 0.29) is 17.7 Å². The van der Waals surface area contributed by atoms with Gasteiger partial charge in [-0.25, -0.2) is 9.89 Å². The van der Waals surface area contributed by atoms with Crippen LogP contribution in [-0.4, -0.2) is 30.9 Å². The molecule has 28 heavy (non-hydrogen) atoms. The van der Waals surface area contributed by atoms with Gasteiger partial charge in [0.15, 0.2) is 0 Å². The molecular formula is C23H24N2O3. The fourth-order valence-corrected chi connectivity index (χ4v) is 3.95. The Morgan fingerprint density at radius 1 is 1.07 bits per heavy atom. The van der Waals surface area contributed by atoms with Gasteiger partial charge in [0, 0.05) is 5.56 Å². The molecule has 0 saturated heterocycles. The first-order valence-electron chi connectivity index (χ1n) is 9.89. The van der Waals surface area contributed by atoms with Gasteiger partial charge in [-0.2, -0.15) is 0 Å². The van der Waals surface area contributed by atoms with Gasteiger partial charge in [-0.05, 0) is 42.0 Å². The van der Waals surface area contributed by atoms with Crippen LogP contribution in [0.1, 0.15) is 70.5 Å². The van der Waals surface area contributed by atoms with Gasteiger partial charge in [-0.3, -0.25) is 9.59 Å². The van der Waals surface area contributed by atoms with Crippen molar-refractivity contribution in [1.29, 1.82) is 0 Å². The lowest BCUT2D eigenvalue weighted by Crippen LogP contribution is -2.32. The second kappa shape index (κ2) is 7.23. The maximum absolute atomic E-state index is 13.5. The zero-order valence-electron chi connectivity index (χ0n) is 16.5. The van der Waals surface area contributed by atoms with Crippen LogP contribution >= 0.6 is 0 Å². The standard InChI is InChI=1S/C23H24N2O3/c1-4-14(3)16-9-6-8-15(5-2)20(16)25-22(26)18-11-7-10-17(19(18)23(25)27)21-24-12-13-28-21/h6-11,14H,4-5,12-13H2,1-3H3. The Bertz CT molecular complexity index is 993. The van der Waals surface area contributed by atoms with Crippen molar-refractivity contribution in [2.45, 2.75) is 39.5 Å². The van der Waals surface area contributed by atoms with Crippen LogP contribution in [0.25, 0.3) is 0 Å². The van der Waals surface area contributed by atoms with Gasteiger partial charge in [0.25, 0.3) is 11.8 Å². The average Bonchev–Trinajstić information content (AvgIpc) is 3.34. The second-order valence-corrected chi connectivity index (χ2v) is 7.23. The summed E-state index contributed by atoms with van der Waals surface area (Å²) in [6.07, 6.45) is 1.68. The molecule has 0 aromatic heterocycles. The number of benzene rings is 2. The third kappa shape index (κ3) is 2.73. The number of fused-ring (bicyclic) bond motifs is 1. The fraction of sp³-hybridized carbons (Fsp3) is 0.348. The molecule has 0 N–H and O–H groups in total. The fourth-order valence-electron chi connectivity index (χ4n) is 3.95. The van der Waals surface area contributed by atoms with E-state index >= 15 is 0 Å². The van der Waals surface area contributed by atoms with E-state index in [1.54, 1.807) is 18.2 Å². The molecule has 0 aliphatic carbocycles. The zero-order valence-corrected chi connectivity index (χ0v) is 16.5. The summed E-state index contributed by atoms with van der Waals surface area (Å²) >= 11 is 0. The highest BCUT2D eigenvalue weighted by molar-refractivity contribution is 6.36. The summed E-state index contributed by atoms with van der Waals surface area (Å²) in [6.45, 7) is 7.36. The Balaban J connectivity index is 1.89. The molecule has 0 saturated carbocycles. The lowest BCUT2D eigenvalue weighted by molar-refractivity contribution is 0.0925. The average molecular weight is 376 g/mol. The lowest BCUT2D eigenvalue weighted by atomic mass is 9.92. The summed E-state index contributed by atoms with van der Waals surface area (Å²) < 4.78 is 5.58. The van der Waals surface area contributed by atoms with Gasteiger partial charge in [0.2, 0.25) is 5.90 Å². The summed E-state index contributed by atoms with van der Waals surface area (Å²) in [6, 6.07) is 11.3. The smallest absolute Gasteiger partial charge is 0.266 e. The third-order valence-corrected chi connectivity index (χ3v) is 5.63. The van der Waals surface area contributed by atoms with E-state index in [9.17, 15) is 9.59 Å². The van der Waals surface area contributed by atoms with Gasteiger partial charge >= 0.3 is 0 Å². The van der Waals surface area contributed by atoms with Crippen LogP contribution in [0.5, 0.6) is 0 Å². The summed E-state index contributed by atoms with van der Waals surface area (Å²) in [7, 11) is 0. The first-order valence-corrected chi connectivity index (χ1v) is 9.89. The van der Waals surface area contributed by atoms with Crippen LogP contribution in [0.15, 0.2) is 41.4 Å². The highest BCUT2D eigenvalue weighted by Gasteiger charge is 2.41. The zero-order chi connectivity index (χ0) is 19.8. The minimum Gasteiger partial charge on any atom is -0.475 e. The predicted octanol–water partition coefficient (Wildman–Crippen LogP) is 4.34. The Morgan fingerprint density at radius 3 is 2.50 bits per heavy atom. The number of aliphatic imine (C=N–C) groups is 1. The van der Waals surface area contributed by atoms with E-state index < -0.39 is 0 Å². The van der Waals surface area contributed by atoms with Crippen molar-refractivity contribution >= 4 is 23.4 Å². The maximum atomic E-state index is 13.5. The first-order chi connectivity index (χ1) is 13.6. The summed E-state index contributed by atoms with van der Waals surface area (Å²) in [5, 5.41) is 0. The minimum absolute atomic E-state index is 0.243. The number of hydrogen-bond donors (Lipinski definition) is 0. The van der Waals surface area contributed by atoms with Gasteiger partial charge in [-0.1, -0.05) is 45.0 Å². The van der Waals surface area contributed by atoms with Crippen LogP contribution in [0.2, 0.25) is 0 Å². The van der Waals surface area contributed by atoms with Crippen LogP contribution in [0, 0.1) is 0 Å². The topological polar surface area (TPSA) is 59.0 Å². The second-order valence-electron chi connectivity index (χ2n) is 7.23. The molecule has 2 aromatic carbocycles. The Hall–Kier alpha value is -2.95. The van der Waals surface area contributed by atoms with Crippen molar-refractivity contribution in [3.8, 4) is 0 Å². The number of carbonyl (C=O) groups excluding carboxylic acids is 2. The van der Waals surface area contributed by atoms with E-state index in [1.807, 2.05) is 25.1 Å². The van der Waals surface area contributed by atoms with Gasteiger partial charge in [-0.15, -0.1) is 0 Å². The molecule has 2 amide bonds. The predicted molar refractivity (Wildman–Crippen MR) is 109 cm³/mol. The molecule has 1 atom stereocenters. The molecule has 2 aromatic rings. The van der Waals surface area contributed by atoms with Gasteiger partial charge < -0.3 is 4.74 Å². The number of hydrogen-bond acceptors (Lipinski definition) is 4. The molecule has 0 radical (unpaired) electrons. The Labute approximate surface area is 165 Å². The summed E-state index contributed by atoms with van der Waals surface area (Å²) in [5.74, 6) is 0.128. The molecule has 5 heteroatoms. The lowest BCUT2D eigenvalue weighted by Gasteiger charge is -2.24. The largest absolute Gasteiger partial charge is 0.475 e. The number of nitrogens with zero attached hydrogens (tertiary/aromatic N) is 2. The third-order valence-electron chi connectivity index (χ3n) is 5.63. The normalized spacial score (nSPS) is 16.8. The highest BCUT2D eigenvalue weighted by Crippen LogP contribution is 2.39. The summed E-state index contributed by atoms with van der Waals surface area (Å²) in [5.41, 5.74) is 4.20. The SMILES string of the molecule is CCc1cccc(C(C)CC)c1N1C(=O)c2cccc(C3=NCCO3)c2C1=O. The number of imide groups is 1. The van der Waals surface area contributed by atoms with Crippen LogP contribution in [0.4, 0.5) is 5.69 Å². The Morgan fingerprint density at radius 2 is 1.82 bits per heavy atom. The summed E-state index contributed by atoms with van der Waals surface area (Å²) in [4.78, 5) is 32.6. The molecule has 1 unspecified atom stereocenters. The van der Waals surface area contributed by atoms with E-state index in [2.05, 4.69) is 18.8 Å². The molecule has 144 valence electrons. The number of anilines is 1. The van der Waals surface area contributed by atoms with Crippen molar-refractivity contribution in [2.24, 2.45) is 4.99 Å². The Kier molecular flexibility index (Phi) is 4.75. The number of amides is 2. The van der Waals surface area contributed by atoms with Crippen molar-refractivity contribution in [3.05, 3.63) is 64.2 Å². The number of rotatable bonds is 5. The molecule has 2 aliphatic rings. The number of ether oxygens (including phenoxy) is 1. The highest BCUT2D eigenvalue weighted by atomic mass is 16.5. The molecule has 0 bridgehead atoms. The minimum atomic E-state index is -0.292. The molecule has 4 rings (SSSR count). The van der Waals surface area contributed by atoms with E-state index in [0.717, 1.165) is 29.7 Å². The number of carbonyl (C=O) groups is 2. The van der Waals surface area contributed by atoms with Gasteiger partial charge in [0.1, 0.15) is 6.61 Å². The molecular weight excluding hydrogens is 352 g/mol. The van der Waals surface area contributed by atoms with Crippen molar-refractivity contribution < 1.29 is 14.3 Å². The first kappa shape index (κ1) is 18.4. The van der Waals surface area contributed by atoms with Crippen molar-refractivity contribution in [3.63, 3.8) is 0 Å². The van der Waals surface area contributed by atoms with Crippen LogP contribution < -0.4 is 4.90 Å². The van der Waals surface area contributed by atoms with Crippen molar-refractivity contribution in [2.75, 3.05) is 18.1 Å². The van der Waals surface area contributed by atoms with Crippen LogP contribution in [-0.2, 0) is 11.2 Å². The molecule has 5 nitrogen and oxygen atoms in total. The van der Waals surface area contributed by atoms with E-state index in [4.69, 9.17) is 4.74 Å². The number of aryl methyl sites for hydroxylation is 1. The van der Waals surface area contributed by atoms with E-state index in [1.165, 1.54) is 4.90 Å². The molecule has 2 heterocycles. The van der Waals surface area contributed by atoms with Gasteiger partial charge in [0.05, 0.1) is 23.4 Å². The molecule has 2 aliphatic heterocycles. The van der Waals surface area contributed by atoms with E-state index in [0.29, 0.717) is 35.7 Å². The number of para-hydroxylation sites is 1. The van der Waals surface area contributed by atoms with Crippen LogP contribution in [0.3, 0.4) is 0 Å².